The number of benzene rings is 1. The molecule has 0 spiro atoms. The summed E-state index contributed by atoms with van der Waals surface area (Å²) in [6.07, 6.45) is 0.211. The standard InChI is InChI=1S/C20H29N3O3S/c1-20(2,3)26-19(25)23-13-16(21-12-15-7-5-4-6-8-15)11-17(23)18(24)22-9-10-27-14-22/h4-8,16-17,21H,9-14H2,1-3H3/t16-,17-/m0/s1. The zero-order valence-electron chi connectivity index (χ0n) is 16.3. The smallest absolute Gasteiger partial charge is 0.411 e. The molecule has 2 aliphatic heterocycles. The van der Waals surface area contributed by atoms with E-state index in [1.54, 1.807) is 16.7 Å². The number of nitrogens with zero attached hydrogens (tertiary/aromatic N) is 2. The number of hydrogen-bond acceptors (Lipinski definition) is 5. The number of carbonyl (C=O) groups is 2. The topological polar surface area (TPSA) is 61.9 Å². The van der Waals surface area contributed by atoms with E-state index in [1.807, 2.05) is 43.9 Å². The highest BCUT2D eigenvalue weighted by molar-refractivity contribution is 7.99. The summed E-state index contributed by atoms with van der Waals surface area (Å²) in [4.78, 5) is 29.2. The summed E-state index contributed by atoms with van der Waals surface area (Å²) >= 11 is 1.75. The minimum atomic E-state index is -0.580. The van der Waals surface area contributed by atoms with Crippen molar-refractivity contribution in [3.05, 3.63) is 35.9 Å². The lowest BCUT2D eigenvalue weighted by molar-refractivity contribution is -0.134. The molecule has 2 atom stereocenters. The van der Waals surface area contributed by atoms with Crippen LogP contribution in [0.15, 0.2) is 30.3 Å². The summed E-state index contributed by atoms with van der Waals surface area (Å²) in [5.41, 5.74) is 0.607. The highest BCUT2D eigenvalue weighted by Gasteiger charge is 2.43. The Kier molecular flexibility index (Phi) is 6.32. The molecule has 27 heavy (non-hydrogen) atoms. The summed E-state index contributed by atoms with van der Waals surface area (Å²) in [7, 11) is 0. The predicted molar refractivity (Wildman–Crippen MR) is 107 cm³/mol. The van der Waals surface area contributed by atoms with E-state index in [9.17, 15) is 9.59 Å². The summed E-state index contributed by atoms with van der Waals surface area (Å²) in [6, 6.07) is 9.77. The van der Waals surface area contributed by atoms with Crippen molar-refractivity contribution in [2.24, 2.45) is 0 Å². The molecular formula is C20H29N3O3S. The maximum atomic E-state index is 13.0. The van der Waals surface area contributed by atoms with Crippen molar-refractivity contribution in [3.63, 3.8) is 0 Å². The lowest BCUT2D eigenvalue weighted by Crippen LogP contribution is -2.48. The first kappa shape index (κ1) is 20.0. The molecule has 0 aliphatic carbocycles. The molecule has 0 saturated carbocycles. The van der Waals surface area contributed by atoms with E-state index in [-0.39, 0.29) is 11.9 Å². The van der Waals surface area contributed by atoms with Gasteiger partial charge < -0.3 is 15.0 Å². The van der Waals surface area contributed by atoms with E-state index in [1.165, 1.54) is 5.56 Å². The van der Waals surface area contributed by atoms with Gasteiger partial charge in [0, 0.05) is 31.4 Å². The van der Waals surface area contributed by atoms with Gasteiger partial charge in [-0.1, -0.05) is 30.3 Å². The van der Waals surface area contributed by atoms with Gasteiger partial charge in [0.2, 0.25) is 5.91 Å². The third kappa shape index (κ3) is 5.39. The highest BCUT2D eigenvalue weighted by Crippen LogP contribution is 2.25. The van der Waals surface area contributed by atoms with Gasteiger partial charge >= 0.3 is 6.09 Å². The van der Waals surface area contributed by atoms with Gasteiger partial charge in [-0.05, 0) is 32.8 Å². The quantitative estimate of drug-likeness (QED) is 0.855. The first-order chi connectivity index (χ1) is 12.8. The van der Waals surface area contributed by atoms with Crippen LogP contribution in [0.5, 0.6) is 0 Å². The highest BCUT2D eigenvalue weighted by atomic mass is 32.2. The van der Waals surface area contributed by atoms with E-state index >= 15 is 0 Å². The molecule has 0 radical (unpaired) electrons. The number of hydrogen-bond donors (Lipinski definition) is 1. The molecule has 3 rings (SSSR count). The van der Waals surface area contributed by atoms with Crippen molar-refractivity contribution in [1.82, 2.24) is 15.1 Å². The summed E-state index contributed by atoms with van der Waals surface area (Å²) in [5.74, 6) is 1.70. The number of nitrogens with one attached hydrogen (secondary N) is 1. The van der Waals surface area contributed by atoms with Crippen LogP contribution >= 0.6 is 11.8 Å². The number of ether oxygens (including phenoxy) is 1. The lowest BCUT2D eigenvalue weighted by atomic mass is 10.1. The van der Waals surface area contributed by atoms with E-state index < -0.39 is 17.7 Å². The van der Waals surface area contributed by atoms with Crippen molar-refractivity contribution < 1.29 is 14.3 Å². The van der Waals surface area contributed by atoms with Crippen molar-refractivity contribution in [2.75, 3.05) is 24.7 Å². The van der Waals surface area contributed by atoms with Gasteiger partial charge in [0.25, 0.3) is 0 Å². The fourth-order valence-corrected chi connectivity index (χ4v) is 4.35. The molecule has 0 aromatic heterocycles. The third-order valence-electron chi connectivity index (χ3n) is 4.72. The number of carbonyl (C=O) groups excluding carboxylic acids is 2. The van der Waals surface area contributed by atoms with Gasteiger partial charge in [0.15, 0.2) is 0 Å². The Morgan fingerprint density at radius 3 is 2.63 bits per heavy atom. The molecule has 1 aromatic rings. The number of amides is 2. The van der Waals surface area contributed by atoms with Crippen molar-refractivity contribution in [3.8, 4) is 0 Å². The summed E-state index contributed by atoms with van der Waals surface area (Å²) in [6.45, 7) is 7.50. The Morgan fingerprint density at radius 2 is 2.00 bits per heavy atom. The zero-order chi connectivity index (χ0) is 19.4. The third-order valence-corrected chi connectivity index (χ3v) is 5.68. The molecule has 7 heteroatoms. The first-order valence-corrected chi connectivity index (χ1v) is 10.6. The van der Waals surface area contributed by atoms with E-state index in [4.69, 9.17) is 4.74 Å². The van der Waals surface area contributed by atoms with Crippen molar-refractivity contribution in [2.45, 2.75) is 51.4 Å². The van der Waals surface area contributed by atoms with E-state index in [0.717, 1.165) is 12.3 Å². The Hall–Kier alpha value is -1.73. The SMILES string of the molecule is CC(C)(C)OC(=O)N1C[C@@H](NCc2ccccc2)C[C@H]1C(=O)N1CCSC1. The van der Waals surface area contributed by atoms with Gasteiger partial charge in [-0.15, -0.1) is 11.8 Å². The van der Waals surface area contributed by atoms with Crippen LogP contribution in [0, 0.1) is 0 Å². The van der Waals surface area contributed by atoms with Crippen LogP contribution < -0.4 is 5.32 Å². The number of rotatable bonds is 4. The van der Waals surface area contributed by atoms with Crippen LogP contribution in [-0.4, -0.2) is 64.2 Å². The first-order valence-electron chi connectivity index (χ1n) is 9.47. The average molecular weight is 392 g/mol. The van der Waals surface area contributed by atoms with E-state index in [0.29, 0.717) is 25.4 Å². The van der Waals surface area contributed by atoms with E-state index in [2.05, 4.69) is 17.4 Å². The van der Waals surface area contributed by atoms with Gasteiger partial charge in [0.05, 0.1) is 5.88 Å². The van der Waals surface area contributed by atoms with Crippen molar-refractivity contribution >= 4 is 23.8 Å². The Balaban J connectivity index is 1.67. The molecule has 1 N–H and O–H groups in total. The fraction of sp³-hybridized carbons (Fsp3) is 0.600. The largest absolute Gasteiger partial charge is 0.444 e. The molecular weight excluding hydrogens is 362 g/mol. The van der Waals surface area contributed by atoms with Crippen molar-refractivity contribution in [1.29, 1.82) is 0 Å². The van der Waals surface area contributed by atoms with Crippen LogP contribution in [0.2, 0.25) is 0 Å². The molecule has 2 aliphatic rings. The molecule has 2 fully saturated rings. The van der Waals surface area contributed by atoms with Crippen LogP contribution in [0.4, 0.5) is 4.79 Å². The second kappa shape index (κ2) is 8.52. The summed E-state index contributed by atoms with van der Waals surface area (Å²) < 4.78 is 5.56. The molecule has 1 aromatic carbocycles. The number of likely N-dealkylation sites (tertiary alicyclic amines) is 1. The van der Waals surface area contributed by atoms with Gasteiger partial charge in [0.1, 0.15) is 11.6 Å². The molecule has 148 valence electrons. The predicted octanol–water partition coefficient (Wildman–Crippen LogP) is 2.69. The van der Waals surface area contributed by atoms with Crippen LogP contribution in [0.3, 0.4) is 0 Å². The summed E-state index contributed by atoms with van der Waals surface area (Å²) in [5, 5.41) is 3.50. The van der Waals surface area contributed by atoms with Gasteiger partial charge in [-0.25, -0.2) is 4.79 Å². The number of thioether (sulfide) groups is 1. The molecule has 6 nitrogen and oxygen atoms in total. The molecule has 2 heterocycles. The normalized spacial score (nSPS) is 22.9. The van der Waals surface area contributed by atoms with Crippen LogP contribution in [0.1, 0.15) is 32.8 Å². The minimum absolute atomic E-state index is 0.0369. The Morgan fingerprint density at radius 1 is 1.26 bits per heavy atom. The maximum absolute atomic E-state index is 13.0. The second-order valence-corrected chi connectivity index (χ2v) is 9.16. The van der Waals surface area contributed by atoms with Crippen LogP contribution in [-0.2, 0) is 16.1 Å². The van der Waals surface area contributed by atoms with Gasteiger partial charge in [-0.2, -0.15) is 0 Å². The molecule has 0 unspecified atom stereocenters. The minimum Gasteiger partial charge on any atom is -0.444 e. The van der Waals surface area contributed by atoms with Gasteiger partial charge in [-0.3, -0.25) is 9.69 Å². The lowest BCUT2D eigenvalue weighted by Gasteiger charge is -2.29. The zero-order valence-corrected chi connectivity index (χ0v) is 17.1. The average Bonchev–Trinajstić information content (AvgIpc) is 3.29. The second-order valence-electron chi connectivity index (χ2n) is 8.09. The molecule has 0 bridgehead atoms. The molecule has 2 amide bonds. The fourth-order valence-electron chi connectivity index (χ4n) is 3.40. The Labute approximate surface area is 165 Å². The van der Waals surface area contributed by atoms with Crippen LogP contribution in [0.25, 0.3) is 0 Å². The maximum Gasteiger partial charge on any atom is 0.411 e. The Bertz CT molecular complexity index is 656. The monoisotopic (exact) mass is 391 g/mol. The molecule has 2 saturated heterocycles.